The van der Waals surface area contributed by atoms with E-state index in [9.17, 15) is 13.2 Å². The molecule has 0 N–H and O–H groups in total. The highest BCUT2D eigenvalue weighted by Gasteiger charge is 2.24. The summed E-state index contributed by atoms with van der Waals surface area (Å²) in [5.41, 5.74) is 0.594. The van der Waals surface area contributed by atoms with Crippen molar-refractivity contribution in [2.24, 2.45) is 0 Å². The molecular formula is C15H22N2O4S. The van der Waals surface area contributed by atoms with Crippen molar-refractivity contribution < 1.29 is 17.9 Å². The summed E-state index contributed by atoms with van der Waals surface area (Å²) >= 11 is 0. The van der Waals surface area contributed by atoms with Crippen LogP contribution < -0.4 is 4.74 Å². The molecule has 122 valence electrons. The molecule has 0 aromatic heterocycles. The van der Waals surface area contributed by atoms with Crippen molar-refractivity contribution >= 4 is 15.9 Å². The van der Waals surface area contributed by atoms with Crippen LogP contribution in [0, 0.1) is 0 Å². The van der Waals surface area contributed by atoms with E-state index in [1.54, 1.807) is 29.2 Å². The van der Waals surface area contributed by atoms with Crippen LogP contribution in [-0.4, -0.2) is 62.6 Å². The lowest BCUT2D eigenvalue weighted by Crippen LogP contribution is -2.36. The van der Waals surface area contributed by atoms with Crippen LogP contribution in [0.5, 0.6) is 5.75 Å². The van der Waals surface area contributed by atoms with Gasteiger partial charge in [-0.15, -0.1) is 0 Å². The number of amides is 1. The molecule has 0 atom stereocenters. The first kappa shape index (κ1) is 16.8. The van der Waals surface area contributed by atoms with E-state index in [-0.39, 0.29) is 5.91 Å². The topological polar surface area (TPSA) is 66.9 Å². The van der Waals surface area contributed by atoms with Gasteiger partial charge in [0.15, 0.2) is 0 Å². The van der Waals surface area contributed by atoms with Crippen LogP contribution in [-0.2, 0) is 10.0 Å². The van der Waals surface area contributed by atoms with E-state index in [2.05, 4.69) is 0 Å². The first-order valence-corrected chi connectivity index (χ1v) is 9.24. The lowest BCUT2D eigenvalue weighted by molar-refractivity contribution is 0.0764. The number of hydrogen-bond acceptors (Lipinski definition) is 4. The first-order valence-electron chi connectivity index (χ1n) is 7.39. The average molecular weight is 326 g/mol. The molecule has 1 amide bonds. The quantitative estimate of drug-likeness (QED) is 0.834. The first-order chi connectivity index (χ1) is 10.4. The van der Waals surface area contributed by atoms with Gasteiger partial charge in [0.05, 0.1) is 12.9 Å². The summed E-state index contributed by atoms with van der Waals surface area (Å²) in [5.74, 6) is 0.663. The number of rotatable bonds is 4. The zero-order valence-electron chi connectivity index (χ0n) is 13.0. The van der Waals surface area contributed by atoms with Gasteiger partial charge in [0.2, 0.25) is 10.0 Å². The molecule has 1 fully saturated rings. The van der Waals surface area contributed by atoms with E-state index in [1.165, 1.54) is 10.6 Å². The SMILES string of the molecule is CCOc1ccc(C(=O)N2CCCN(S(C)(=O)=O)CC2)cc1. The summed E-state index contributed by atoms with van der Waals surface area (Å²) in [5, 5.41) is 0. The molecular weight excluding hydrogens is 304 g/mol. The van der Waals surface area contributed by atoms with Crippen molar-refractivity contribution in [3.05, 3.63) is 29.8 Å². The summed E-state index contributed by atoms with van der Waals surface area (Å²) < 4.78 is 30.0. The third-order valence-electron chi connectivity index (χ3n) is 3.62. The molecule has 1 aliphatic heterocycles. The molecule has 0 spiro atoms. The fraction of sp³-hybridized carbons (Fsp3) is 0.533. The van der Waals surface area contributed by atoms with Crippen LogP contribution in [0.25, 0.3) is 0 Å². The van der Waals surface area contributed by atoms with Gasteiger partial charge < -0.3 is 9.64 Å². The largest absolute Gasteiger partial charge is 0.494 e. The van der Waals surface area contributed by atoms with Crippen molar-refractivity contribution in [2.75, 3.05) is 39.0 Å². The monoisotopic (exact) mass is 326 g/mol. The number of ether oxygens (including phenoxy) is 1. The predicted octanol–water partition coefficient (Wildman–Crippen LogP) is 1.19. The van der Waals surface area contributed by atoms with Crippen LogP contribution in [0.4, 0.5) is 0 Å². The zero-order chi connectivity index (χ0) is 16.2. The maximum absolute atomic E-state index is 12.5. The Kier molecular flexibility index (Phi) is 5.42. The summed E-state index contributed by atoms with van der Waals surface area (Å²) in [6.45, 7) is 4.29. The van der Waals surface area contributed by atoms with E-state index < -0.39 is 10.0 Å². The summed E-state index contributed by atoms with van der Waals surface area (Å²) in [6, 6.07) is 7.04. The van der Waals surface area contributed by atoms with Crippen molar-refractivity contribution in [2.45, 2.75) is 13.3 Å². The van der Waals surface area contributed by atoms with E-state index in [4.69, 9.17) is 4.74 Å². The minimum atomic E-state index is -3.20. The van der Waals surface area contributed by atoms with E-state index >= 15 is 0 Å². The fourth-order valence-corrected chi connectivity index (χ4v) is 3.35. The number of carbonyl (C=O) groups excluding carboxylic acids is 1. The van der Waals surface area contributed by atoms with Crippen molar-refractivity contribution in [3.63, 3.8) is 0 Å². The van der Waals surface area contributed by atoms with Gasteiger partial charge in [0.25, 0.3) is 5.91 Å². The van der Waals surface area contributed by atoms with Gasteiger partial charge in [-0.3, -0.25) is 4.79 Å². The van der Waals surface area contributed by atoms with Gasteiger partial charge in [0.1, 0.15) is 5.75 Å². The van der Waals surface area contributed by atoms with E-state index in [0.717, 1.165) is 5.75 Å². The Morgan fingerprint density at radius 1 is 1.14 bits per heavy atom. The number of carbonyl (C=O) groups is 1. The second-order valence-corrected chi connectivity index (χ2v) is 7.25. The van der Waals surface area contributed by atoms with Gasteiger partial charge in [-0.1, -0.05) is 0 Å². The molecule has 0 unspecified atom stereocenters. The molecule has 1 aromatic rings. The van der Waals surface area contributed by atoms with Crippen molar-refractivity contribution in [1.82, 2.24) is 9.21 Å². The molecule has 1 aliphatic rings. The average Bonchev–Trinajstić information content (AvgIpc) is 2.73. The molecule has 22 heavy (non-hydrogen) atoms. The van der Waals surface area contributed by atoms with Crippen molar-refractivity contribution in [3.8, 4) is 5.75 Å². The van der Waals surface area contributed by atoms with Gasteiger partial charge in [0, 0.05) is 31.7 Å². The van der Waals surface area contributed by atoms with Crippen LogP contribution in [0.3, 0.4) is 0 Å². The highest BCUT2D eigenvalue weighted by atomic mass is 32.2. The number of benzene rings is 1. The number of sulfonamides is 1. The molecule has 1 aromatic carbocycles. The summed E-state index contributed by atoms with van der Waals surface area (Å²) in [7, 11) is -3.20. The van der Waals surface area contributed by atoms with Crippen LogP contribution in [0.2, 0.25) is 0 Å². The summed E-state index contributed by atoms with van der Waals surface area (Å²) in [4.78, 5) is 14.2. The third kappa shape index (κ3) is 4.20. The van der Waals surface area contributed by atoms with E-state index in [0.29, 0.717) is 44.8 Å². The molecule has 6 nitrogen and oxygen atoms in total. The van der Waals surface area contributed by atoms with Crippen molar-refractivity contribution in [1.29, 1.82) is 0 Å². The van der Waals surface area contributed by atoms with Crippen LogP contribution >= 0.6 is 0 Å². The normalized spacial score (nSPS) is 17.1. The maximum atomic E-state index is 12.5. The molecule has 1 heterocycles. The Balaban J connectivity index is 2.03. The number of hydrogen-bond donors (Lipinski definition) is 0. The smallest absolute Gasteiger partial charge is 0.253 e. The number of nitrogens with zero attached hydrogens (tertiary/aromatic N) is 2. The van der Waals surface area contributed by atoms with Gasteiger partial charge in [-0.25, -0.2) is 12.7 Å². The highest BCUT2D eigenvalue weighted by Crippen LogP contribution is 2.15. The highest BCUT2D eigenvalue weighted by molar-refractivity contribution is 7.88. The third-order valence-corrected chi connectivity index (χ3v) is 4.93. The predicted molar refractivity (Wildman–Crippen MR) is 84.5 cm³/mol. The Morgan fingerprint density at radius 2 is 1.82 bits per heavy atom. The van der Waals surface area contributed by atoms with E-state index in [1.807, 2.05) is 6.92 Å². The molecule has 0 radical (unpaired) electrons. The second kappa shape index (κ2) is 7.11. The molecule has 2 rings (SSSR count). The second-order valence-electron chi connectivity index (χ2n) is 5.27. The molecule has 1 saturated heterocycles. The minimum Gasteiger partial charge on any atom is -0.494 e. The van der Waals surface area contributed by atoms with Crippen LogP contribution in [0.15, 0.2) is 24.3 Å². The Morgan fingerprint density at radius 3 is 2.41 bits per heavy atom. The molecule has 0 aliphatic carbocycles. The maximum Gasteiger partial charge on any atom is 0.253 e. The zero-order valence-corrected chi connectivity index (χ0v) is 13.8. The minimum absolute atomic E-state index is 0.0709. The Hall–Kier alpha value is -1.60. The van der Waals surface area contributed by atoms with Gasteiger partial charge >= 0.3 is 0 Å². The Labute approximate surface area is 131 Å². The molecule has 0 saturated carbocycles. The lowest BCUT2D eigenvalue weighted by Gasteiger charge is -2.21. The fourth-order valence-electron chi connectivity index (χ4n) is 2.47. The molecule has 7 heteroatoms. The summed E-state index contributed by atoms with van der Waals surface area (Å²) in [6.07, 6.45) is 1.85. The molecule has 0 bridgehead atoms. The standard InChI is InChI=1S/C15H22N2O4S/c1-3-21-14-7-5-13(6-8-14)15(18)16-9-4-10-17(12-11-16)22(2,19)20/h5-8H,3-4,9-12H2,1-2H3. The van der Waals surface area contributed by atoms with Crippen LogP contribution in [0.1, 0.15) is 23.7 Å². The Bertz CT molecular complexity index is 613. The van der Waals surface area contributed by atoms with Gasteiger partial charge in [-0.2, -0.15) is 0 Å². The van der Waals surface area contributed by atoms with Gasteiger partial charge in [-0.05, 0) is 37.6 Å². The lowest BCUT2D eigenvalue weighted by atomic mass is 10.2.